The lowest BCUT2D eigenvalue weighted by molar-refractivity contribution is -0.387. The number of hydrogen-bond acceptors (Lipinski definition) is 18. The van der Waals surface area contributed by atoms with Crippen LogP contribution < -0.4 is 5.32 Å². The van der Waals surface area contributed by atoms with Crippen LogP contribution in [0.5, 0.6) is 0 Å². The van der Waals surface area contributed by atoms with Crippen molar-refractivity contribution < 1.29 is 79.7 Å². The smallest absolute Gasteiger partial charge is 0.481 e. The molecule has 2 aliphatic heterocycles. The number of benzene rings is 5. The van der Waals surface area contributed by atoms with Gasteiger partial charge in [0.1, 0.15) is 13.2 Å². The van der Waals surface area contributed by atoms with E-state index in [0.717, 1.165) is 63.4 Å². The molecule has 2 fully saturated rings. The lowest BCUT2D eigenvalue weighted by Gasteiger charge is -2.34. The van der Waals surface area contributed by atoms with Gasteiger partial charge in [0.2, 0.25) is 40.9 Å². The van der Waals surface area contributed by atoms with Crippen LogP contribution in [0.25, 0.3) is 0 Å². The fraction of sp³-hybridized carbons (Fsp3) is 0.377. The summed E-state index contributed by atoms with van der Waals surface area (Å²) in [6.07, 6.45) is 0. The van der Waals surface area contributed by atoms with Crippen LogP contribution in [0.3, 0.4) is 0 Å². The van der Waals surface area contributed by atoms with E-state index in [1.807, 2.05) is 9.80 Å². The van der Waals surface area contributed by atoms with Crippen molar-refractivity contribution in [2.75, 3.05) is 65.6 Å². The van der Waals surface area contributed by atoms with Gasteiger partial charge in [-0.3, -0.25) is 69.9 Å². The second-order valence-corrected chi connectivity index (χ2v) is 22.5. The number of nitrogens with one attached hydrogen (secondary N) is 1. The highest BCUT2D eigenvalue weighted by Crippen LogP contribution is 2.34. The summed E-state index contributed by atoms with van der Waals surface area (Å²) in [7, 11) is -1.83. The lowest BCUT2D eigenvalue weighted by Crippen LogP contribution is -2.47. The van der Waals surface area contributed by atoms with Gasteiger partial charge in [0.05, 0.1) is 28.4 Å². The number of nitro benzene ring substituents is 5. The Hall–Kier alpha value is -6.69. The molecule has 5 aromatic rings. The Labute approximate surface area is 553 Å². The van der Waals surface area contributed by atoms with Crippen molar-refractivity contribution in [3.8, 4) is 0 Å². The number of rotatable bonds is 14. The Morgan fingerprint density at radius 1 is 0.556 bits per heavy atom. The van der Waals surface area contributed by atoms with Crippen molar-refractivity contribution in [3.63, 3.8) is 0 Å². The number of halogens is 10. The molecule has 26 nitrogen and oxygen atoms in total. The first-order chi connectivity index (χ1) is 41.8. The molecule has 0 saturated carbocycles. The van der Waals surface area contributed by atoms with E-state index >= 15 is 0 Å². The molecule has 2 heterocycles. The van der Waals surface area contributed by atoms with E-state index < -0.39 is 100 Å². The van der Waals surface area contributed by atoms with Gasteiger partial charge in [-0.15, -0.1) is 21.5 Å². The van der Waals surface area contributed by atoms with Crippen molar-refractivity contribution in [1.29, 1.82) is 0 Å². The monoisotopic (exact) mass is 1570 g/mol. The van der Waals surface area contributed by atoms with E-state index in [1.165, 1.54) is 68.4 Å². The number of hydrogen-bond donors (Lipinski definition) is 2. The summed E-state index contributed by atoms with van der Waals surface area (Å²) in [6.45, 7) is 16.6. The summed E-state index contributed by atoms with van der Waals surface area (Å²) >= 11 is 12.2. The minimum atomic E-state index is -1.83. The molecule has 90 heavy (non-hydrogen) atoms. The standard InChI is InChI=1S/C13H16FN3O3.C7H4Br2FNO2.2C7H5BrFNO2.C7H6FNO2.C6H12N2O.C4H10O3P.C2H4O2.ClH/c1-10(18)16-7-5-15(6-8-16)9-11-3-2-4-12(13(11)14)17(19)20;8-7(9)4-2-1-3-5(6(4)10)11(12)13;2*8-4-5-2-1-3-6(7(5)9)10(11)12;1-5-3-2-4-6(7(5)8)9(10)11;1-6(9)8-4-2-7-3-5-8;1-3-6-8(5)7-4-2;1-2(3)4;/h2-4H,5-9H2,1H3;1-3,7H;2*1-3H,4H2;2-4H,1H3;7H,2-5H2,1H3;3-4H2,1-2H3;1H3,(H,3,4);1H/q;;;;;;+1;;. The molecule has 0 atom stereocenters. The molecule has 2 N–H and O–H groups in total. The Morgan fingerprint density at radius 2 is 0.867 bits per heavy atom. The Bertz CT molecular complexity index is 3110. The Morgan fingerprint density at radius 3 is 1.18 bits per heavy atom. The number of aliphatic carboxylic acids is 1. The van der Waals surface area contributed by atoms with Crippen molar-refractivity contribution in [1.82, 2.24) is 20.0 Å². The zero-order chi connectivity index (χ0) is 68.1. The van der Waals surface area contributed by atoms with Crippen LogP contribution in [0.4, 0.5) is 50.4 Å². The topological polar surface area (TPSA) is 344 Å². The number of carboxylic acids is 1. The van der Waals surface area contributed by atoms with Crippen LogP contribution >= 0.6 is 84.4 Å². The minimum absolute atomic E-state index is 0. The van der Waals surface area contributed by atoms with E-state index in [0.29, 0.717) is 68.2 Å². The van der Waals surface area contributed by atoms with Crippen molar-refractivity contribution in [3.05, 3.63) is 198 Å². The van der Waals surface area contributed by atoms with Crippen LogP contribution in [0.15, 0.2) is 91.0 Å². The van der Waals surface area contributed by atoms with E-state index in [2.05, 4.69) is 78.1 Å². The third-order valence-corrected chi connectivity index (χ3v) is 14.2. The number of carbonyl (C=O) groups is 3. The first kappa shape index (κ1) is 85.4. The molecule has 0 spiro atoms. The molecular formula is C53H63Br4ClF5N9O17P+. The van der Waals surface area contributed by atoms with Gasteiger partial charge in [-0.1, -0.05) is 124 Å². The number of amides is 2. The largest absolute Gasteiger partial charge is 0.697 e. The predicted molar refractivity (Wildman–Crippen MR) is 340 cm³/mol. The average Bonchev–Trinajstić information content (AvgIpc) is 2.83. The Balaban J connectivity index is 0. The van der Waals surface area contributed by atoms with Gasteiger partial charge in [-0.2, -0.15) is 22.0 Å². The van der Waals surface area contributed by atoms with Gasteiger partial charge in [-0.25, -0.2) is 0 Å². The zero-order valence-electron chi connectivity index (χ0n) is 48.7. The number of piperazine rings is 2. The van der Waals surface area contributed by atoms with Crippen LogP contribution in [0, 0.1) is 86.6 Å². The quantitative estimate of drug-likeness (QED) is 0.0343. The molecule has 0 aliphatic carbocycles. The number of nitro groups is 5. The van der Waals surface area contributed by atoms with Gasteiger partial charge in [0.15, 0.2) is 0 Å². The van der Waals surface area contributed by atoms with Crippen molar-refractivity contribution >= 4 is 131 Å². The lowest BCUT2D eigenvalue weighted by atomic mass is 10.1. The van der Waals surface area contributed by atoms with Crippen molar-refractivity contribution in [2.45, 2.75) is 62.5 Å². The maximum absolute atomic E-state index is 14.0. The first-order valence-electron chi connectivity index (χ1n) is 25.7. The normalized spacial score (nSPS) is 12.0. The third kappa shape index (κ3) is 32.4. The van der Waals surface area contributed by atoms with Gasteiger partial charge in [0.25, 0.3) is 5.97 Å². The highest BCUT2D eigenvalue weighted by Gasteiger charge is 2.24. The Kier molecular flexibility index (Phi) is 44.0. The van der Waals surface area contributed by atoms with Crippen LogP contribution in [0.2, 0.25) is 0 Å². The molecule has 37 heteroatoms. The van der Waals surface area contributed by atoms with Crippen LogP contribution in [0.1, 0.15) is 66.2 Å². The van der Waals surface area contributed by atoms with Crippen LogP contribution in [-0.2, 0) is 45.2 Å². The molecule has 0 aromatic heterocycles. The maximum Gasteiger partial charge on any atom is 0.697 e. The summed E-state index contributed by atoms with van der Waals surface area (Å²) in [5.74, 6) is -4.48. The fourth-order valence-corrected chi connectivity index (χ4v) is 8.83. The van der Waals surface area contributed by atoms with Gasteiger partial charge in [0, 0.05) is 147 Å². The molecule has 496 valence electrons. The molecule has 2 amide bonds. The number of carbonyl (C=O) groups excluding carboxylic acids is 2. The number of alkyl halides is 4. The highest BCUT2D eigenvalue weighted by molar-refractivity contribution is 9.24. The number of aryl methyl sites for hydroxylation is 1. The molecule has 0 bridgehead atoms. The summed E-state index contributed by atoms with van der Waals surface area (Å²) in [4.78, 5) is 84.5. The first-order valence-corrected chi connectivity index (χ1v) is 30.8. The summed E-state index contributed by atoms with van der Waals surface area (Å²) in [5.41, 5.74) is -1.02. The average molecular weight is 1580 g/mol. The third-order valence-electron chi connectivity index (χ3n) is 11.1. The van der Waals surface area contributed by atoms with Gasteiger partial charge >= 0.3 is 36.7 Å². The van der Waals surface area contributed by atoms with E-state index in [9.17, 15) is 86.7 Å². The fourth-order valence-electron chi connectivity index (χ4n) is 6.76. The highest BCUT2D eigenvalue weighted by atomic mass is 79.9. The molecule has 2 saturated heterocycles. The molecule has 7 rings (SSSR count). The van der Waals surface area contributed by atoms with E-state index in [-0.39, 0.29) is 40.4 Å². The predicted octanol–water partition coefficient (Wildman–Crippen LogP) is 13.9. The second-order valence-electron chi connectivity index (χ2n) is 17.3. The van der Waals surface area contributed by atoms with E-state index in [4.69, 9.17) is 9.90 Å². The SMILES string of the molecule is CC(=O)N1CCN(Cc2cccc([N+](=O)[O-])c2F)CC1.CC(=O)N1CCNCC1.CC(=O)O.CCO[P+](=O)OCC.Cc1cccc([N+](=O)[O-])c1F.Cl.O=[N+]([O-])c1cccc(C(Br)Br)c1F.O=[N+]([O-])c1cccc(CBr)c1F.O=[N+]([O-])c1cccc(CBr)c1F. The minimum Gasteiger partial charge on any atom is -0.481 e. The summed E-state index contributed by atoms with van der Waals surface area (Å²) in [5, 5.41) is 62.8. The molecule has 0 unspecified atom stereocenters. The maximum atomic E-state index is 14.0. The molecule has 5 aromatic carbocycles. The van der Waals surface area contributed by atoms with Crippen LogP contribution in [-0.4, -0.2) is 128 Å². The van der Waals surface area contributed by atoms with Gasteiger partial charge in [-0.05, 0) is 26.3 Å². The zero-order valence-corrected chi connectivity index (χ0v) is 56.8. The second kappa shape index (κ2) is 46.4. The number of carboxylic acid groups (broad SMARTS) is 1. The van der Waals surface area contributed by atoms with Gasteiger partial charge < -0.3 is 20.2 Å². The van der Waals surface area contributed by atoms with Crippen molar-refractivity contribution in [2.24, 2.45) is 0 Å². The summed E-state index contributed by atoms with van der Waals surface area (Å²) < 4.78 is 85.2. The summed E-state index contributed by atoms with van der Waals surface area (Å²) in [6, 6.07) is 20.5. The molecular weight excluding hydrogens is 1520 g/mol. The number of nitrogens with zero attached hydrogens (tertiary/aromatic N) is 8. The molecule has 2 aliphatic rings. The van der Waals surface area contributed by atoms with E-state index in [1.54, 1.807) is 31.7 Å². The molecule has 0 radical (unpaired) electrons.